The van der Waals surface area contributed by atoms with E-state index in [1.165, 1.54) is 0 Å². The van der Waals surface area contributed by atoms with Crippen LogP contribution in [0.3, 0.4) is 0 Å². The van der Waals surface area contributed by atoms with Gasteiger partial charge < -0.3 is 15.0 Å². The van der Waals surface area contributed by atoms with Crippen molar-refractivity contribution < 1.29 is 14.7 Å². The Bertz CT molecular complexity index is 766. The Kier molecular flexibility index (Phi) is 4.33. The Balaban J connectivity index is 1.84. The molecule has 0 spiro atoms. The lowest BCUT2D eigenvalue weighted by Crippen LogP contribution is -2.41. The highest BCUT2D eigenvalue weighted by Crippen LogP contribution is 2.33. The first kappa shape index (κ1) is 16.2. The molecule has 1 amide bonds. The predicted octanol–water partition coefficient (Wildman–Crippen LogP) is 1.87. The summed E-state index contributed by atoms with van der Waals surface area (Å²) in [7, 11) is 0. The number of carboxylic acids is 1. The van der Waals surface area contributed by atoms with Crippen LogP contribution in [0.1, 0.15) is 41.0 Å². The molecule has 2 N–H and O–H groups in total. The van der Waals surface area contributed by atoms with E-state index in [0.717, 1.165) is 18.5 Å². The number of nitrogens with one attached hydrogen (secondary N) is 1. The summed E-state index contributed by atoms with van der Waals surface area (Å²) >= 11 is 0. The van der Waals surface area contributed by atoms with E-state index in [1.54, 1.807) is 24.7 Å². The summed E-state index contributed by atoms with van der Waals surface area (Å²) in [4.78, 5) is 32.2. The first-order chi connectivity index (χ1) is 11.5. The van der Waals surface area contributed by atoms with Crippen LogP contribution in [-0.4, -0.2) is 37.6 Å². The van der Waals surface area contributed by atoms with Crippen molar-refractivity contribution in [1.82, 2.24) is 19.9 Å². The van der Waals surface area contributed by atoms with Crippen LogP contribution in [0.25, 0.3) is 5.82 Å². The number of hydrogen-bond acceptors (Lipinski definition) is 4. The quantitative estimate of drug-likeness (QED) is 0.843. The topological polar surface area (TPSA) is 97.1 Å². The van der Waals surface area contributed by atoms with E-state index in [-0.39, 0.29) is 5.91 Å². The monoisotopic (exact) mass is 328 g/mol. The molecular weight excluding hydrogens is 308 g/mol. The normalized spacial score (nSPS) is 15.1. The van der Waals surface area contributed by atoms with E-state index in [1.807, 2.05) is 18.4 Å². The van der Waals surface area contributed by atoms with Crippen molar-refractivity contribution in [2.24, 2.45) is 5.92 Å². The molecule has 1 aliphatic rings. The largest absolute Gasteiger partial charge is 0.480 e. The van der Waals surface area contributed by atoms with Crippen LogP contribution in [0.2, 0.25) is 0 Å². The van der Waals surface area contributed by atoms with Gasteiger partial charge in [-0.3, -0.25) is 9.78 Å². The molecule has 0 radical (unpaired) electrons. The van der Waals surface area contributed by atoms with E-state index in [4.69, 9.17) is 0 Å². The number of aliphatic carboxylic acids is 1. The fraction of sp³-hybridized carbons (Fsp3) is 0.412. The minimum Gasteiger partial charge on any atom is -0.480 e. The summed E-state index contributed by atoms with van der Waals surface area (Å²) in [6.45, 7) is 3.69. The van der Waals surface area contributed by atoms with Crippen LogP contribution in [0.5, 0.6) is 0 Å². The lowest BCUT2D eigenvalue weighted by atomic mass is 10.1. The molecule has 0 saturated heterocycles. The van der Waals surface area contributed by atoms with Gasteiger partial charge in [0.05, 0.1) is 11.8 Å². The summed E-state index contributed by atoms with van der Waals surface area (Å²) in [5, 5.41) is 12.0. The van der Waals surface area contributed by atoms with Gasteiger partial charge in [0.15, 0.2) is 5.82 Å². The van der Waals surface area contributed by atoms with Gasteiger partial charge >= 0.3 is 5.97 Å². The predicted molar refractivity (Wildman–Crippen MR) is 87.1 cm³/mol. The first-order valence-electron chi connectivity index (χ1n) is 7.96. The fourth-order valence-corrected chi connectivity index (χ4v) is 2.90. The standard InChI is InChI=1S/C17H20N4O3/c1-10-7-13(11(2)21(10)15-9-18-5-6-19-15)16(22)20-14(17(23)24)8-12-3-4-12/h5-7,9,12,14H,3-4,8H2,1-2H3,(H,20,22)(H,23,24). The second-order valence-corrected chi connectivity index (χ2v) is 6.23. The Morgan fingerprint density at radius 2 is 2.12 bits per heavy atom. The Hall–Kier alpha value is -2.70. The summed E-state index contributed by atoms with van der Waals surface area (Å²) in [6.07, 6.45) is 7.37. The third-order valence-electron chi connectivity index (χ3n) is 4.32. The van der Waals surface area contributed by atoms with Crippen molar-refractivity contribution in [2.75, 3.05) is 0 Å². The van der Waals surface area contributed by atoms with Crippen molar-refractivity contribution in [1.29, 1.82) is 0 Å². The molecular formula is C17H20N4O3. The van der Waals surface area contributed by atoms with Gasteiger partial charge in [-0.15, -0.1) is 0 Å². The van der Waals surface area contributed by atoms with Gasteiger partial charge in [-0.25, -0.2) is 9.78 Å². The molecule has 24 heavy (non-hydrogen) atoms. The Morgan fingerprint density at radius 3 is 2.71 bits per heavy atom. The van der Waals surface area contributed by atoms with Gasteiger partial charge in [0.2, 0.25) is 0 Å². The number of carbonyl (C=O) groups excluding carboxylic acids is 1. The molecule has 126 valence electrons. The van der Waals surface area contributed by atoms with Crippen molar-refractivity contribution in [2.45, 2.75) is 39.2 Å². The van der Waals surface area contributed by atoms with Crippen LogP contribution < -0.4 is 5.32 Å². The summed E-state index contributed by atoms with van der Waals surface area (Å²) in [5.74, 6) is -0.318. The summed E-state index contributed by atoms with van der Waals surface area (Å²) in [5.41, 5.74) is 2.01. The molecule has 7 nitrogen and oxygen atoms in total. The molecule has 1 unspecified atom stereocenters. The molecule has 1 fully saturated rings. The van der Waals surface area contributed by atoms with Gasteiger partial charge in [0.1, 0.15) is 6.04 Å². The highest BCUT2D eigenvalue weighted by molar-refractivity contribution is 5.98. The zero-order valence-electron chi connectivity index (χ0n) is 13.7. The van der Waals surface area contributed by atoms with Gasteiger partial charge in [0.25, 0.3) is 5.91 Å². The zero-order chi connectivity index (χ0) is 17.3. The number of aryl methyl sites for hydroxylation is 1. The minimum atomic E-state index is -0.988. The lowest BCUT2D eigenvalue weighted by Gasteiger charge is -2.14. The molecule has 2 aromatic heterocycles. The molecule has 0 bridgehead atoms. The number of hydrogen-bond donors (Lipinski definition) is 2. The second-order valence-electron chi connectivity index (χ2n) is 6.23. The third-order valence-corrected chi connectivity index (χ3v) is 4.32. The number of carboxylic acid groups (broad SMARTS) is 1. The number of amides is 1. The van der Waals surface area contributed by atoms with Crippen molar-refractivity contribution in [3.05, 3.63) is 41.6 Å². The van der Waals surface area contributed by atoms with Gasteiger partial charge in [-0.2, -0.15) is 0 Å². The average Bonchev–Trinajstić information content (AvgIpc) is 3.31. The summed E-state index contributed by atoms with van der Waals surface area (Å²) < 4.78 is 1.83. The molecule has 7 heteroatoms. The highest BCUT2D eigenvalue weighted by atomic mass is 16.4. The lowest BCUT2D eigenvalue weighted by molar-refractivity contribution is -0.139. The van der Waals surface area contributed by atoms with Gasteiger partial charge in [-0.05, 0) is 32.3 Å². The van der Waals surface area contributed by atoms with Crippen LogP contribution in [-0.2, 0) is 4.79 Å². The number of carbonyl (C=O) groups is 2. The molecule has 2 aromatic rings. The maximum absolute atomic E-state index is 12.6. The smallest absolute Gasteiger partial charge is 0.326 e. The van der Waals surface area contributed by atoms with E-state index in [2.05, 4.69) is 15.3 Å². The Labute approximate surface area is 139 Å². The second kappa shape index (κ2) is 6.43. The maximum Gasteiger partial charge on any atom is 0.326 e. The molecule has 0 aromatic carbocycles. The molecule has 3 rings (SSSR count). The molecule has 1 aliphatic carbocycles. The highest BCUT2D eigenvalue weighted by Gasteiger charge is 2.31. The van der Waals surface area contributed by atoms with Gasteiger partial charge in [0, 0.05) is 23.8 Å². The van der Waals surface area contributed by atoms with Crippen molar-refractivity contribution >= 4 is 11.9 Å². The minimum absolute atomic E-state index is 0.369. The van der Waals surface area contributed by atoms with Crippen molar-refractivity contribution in [3.63, 3.8) is 0 Å². The average molecular weight is 328 g/mol. The van der Waals surface area contributed by atoms with Crippen molar-refractivity contribution in [3.8, 4) is 5.82 Å². The third kappa shape index (κ3) is 3.29. The van der Waals surface area contributed by atoms with Crippen LogP contribution >= 0.6 is 0 Å². The van der Waals surface area contributed by atoms with E-state index in [9.17, 15) is 14.7 Å². The van der Waals surface area contributed by atoms with Gasteiger partial charge in [-0.1, -0.05) is 12.8 Å². The summed E-state index contributed by atoms with van der Waals surface area (Å²) in [6, 6.07) is 0.902. The van der Waals surface area contributed by atoms with E-state index < -0.39 is 12.0 Å². The Morgan fingerprint density at radius 1 is 1.38 bits per heavy atom. The maximum atomic E-state index is 12.6. The van der Waals surface area contributed by atoms with E-state index in [0.29, 0.717) is 29.4 Å². The van der Waals surface area contributed by atoms with Crippen LogP contribution in [0.15, 0.2) is 24.7 Å². The SMILES string of the molecule is Cc1cc(C(=O)NC(CC2CC2)C(=O)O)c(C)n1-c1cnccn1. The zero-order valence-corrected chi connectivity index (χ0v) is 13.7. The fourth-order valence-electron chi connectivity index (χ4n) is 2.90. The van der Waals surface area contributed by atoms with Crippen LogP contribution in [0.4, 0.5) is 0 Å². The number of aromatic nitrogens is 3. The molecule has 1 saturated carbocycles. The van der Waals surface area contributed by atoms with E-state index >= 15 is 0 Å². The molecule has 2 heterocycles. The number of nitrogens with zero attached hydrogens (tertiary/aromatic N) is 3. The molecule has 0 aliphatic heterocycles. The first-order valence-corrected chi connectivity index (χ1v) is 7.96. The number of rotatable bonds is 6. The van der Waals surface area contributed by atoms with Crippen LogP contribution in [0, 0.1) is 19.8 Å². The molecule has 1 atom stereocenters.